The van der Waals surface area contributed by atoms with Gasteiger partial charge in [-0.05, 0) is 19.9 Å². The molecule has 0 atom stereocenters. The van der Waals surface area contributed by atoms with E-state index in [9.17, 15) is 9.59 Å². The predicted octanol–water partition coefficient (Wildman–Crippen LogP) is 0.751. The molecule has 1 saturated carbocycles. The predicted molar refractivity (Wildman–Crippen MR) is 75.8 cm³/mol. The van der Waals surface area contributed by atoms with E-state index in [1.165, 1.54) is 6.42 Å². The van der Waals surface area contributed by atoms with Crippen LogP contribution in [-0.2, 0) is 9.59 Å². The summed E-state index contributed by atoms with van der Waals surface area (Å²) in [7, 11) is 3.66. The first kappa shape index (κ1) is 16.0. The van der Waals surface area contributed by atoms with Gasteiger partial charge in [0.1, 0.15) is 0 Å². The zero-order chi connectivity index (χ0) is 14.1. The molecule has 0 heterocycles. The van der Waals surface area contributed by atoms with Crippen molar-refractivity contribution in [1.29, 1.82) is 0 Å². The molecule has 5 heteroatoms. The number of carbonyl (C=O) groups is 2. The van der Waals surface area contributed by atoms with E-state index in [1.54, 1.807) is 11.9 Å². The van der Waals surface area contributed by atoms with Gasteiger partial charge in [0.15, 0.2) is 0 Å². The molecule has 0 aromatic carbocycles. The normalized spacial score (nSPS) is 16.1. The molecule has 0 bridgehead atoms. The molecule has 0 radical (unpaired) electrons. The highest BCUT2D eigenvalue weighted by Crippen LogP contribution is 2.23. The van der Waals surface area contributed by atoms with Crippen LogP contribution in [0.3, 0.4) is 0 Å². The minimum atomic E-state index is 0.0826. The summed E-state index contributed by atoms with van der Waals surface area (Å²) >= 11 is 0. The summed E-state index contributed by atoms with van der Waals surface area (Å²) in [6, 6.07) is 0. The molecule has 0 aliphatic heterocycles. The molecule has 1 aliphatic rings. The number of amides is 2. The van der Waals surface area contributed by atoms with Crippen LogP contribution in [0.1, 0.15) is 38.5 Å². The number of carbonyl (C=O) groups excluding carboxylic acids is 2. The van der Waals surface area contributed by atoms with Crippen LogP contribution in [-0.4, -0.2) is 50.4 Å². The Morgan fingerprint density at radius 3 is 2.47 bits per heavy atom. The Morgan fingerprint density at radius 1 is 1.16 bits per heavy atom. The Labute approximate surface area is 116 Å². The Morgan fingerprint density at radius 2 is 1.84 bits per heavy atom. The molecule has 110 valence electrons. The van der Waals surface area contributed by atoms with Crippen molar-refractivity contribution in [1.82, 2.24) is 15.5 Å². The SMILES string of the molecule is CNCCN(C)C(=O)CCNC(=O)C1CCCCC1. The summed E-state index contributed by atoms with van der Waals surface area (Å²) in [4.78, 5) is 25.3. The highest BCUT2D eigenvalue weighted by atomic mass is 16.2. The van der Waals surface area contributed by atoms with Crippen molar-refractivity contribution in [3.63, 3.8) is 0 Å². The lowest BCUT2D eigenvalue weighted by atomic mass is 9.89. The summed E-state index contributed by atoms with van der Waals surface area (Å²) in [5, 5.41) is 5.90. The van der Waals surface area contributed by atoms with Gasteiger partial charge in [0, 0.05) is 39.0 Å². The number of nitrogens with zero attached hydrogens (tertiary/aromatic N) is 1. The maximum atomic E-state index is 11.9. The van der Waals surface area contributed by atoms with Gasteiger partial charge in [0.05, 0.1) is 0 Å². The Bertz CT molecular complexity index is 288. The van der Waals surface area contributed by atoms with Crippen LogP contribution in [0.15, 0.2) is 0 Å². The molecule has 0 aromatic rings. The fourth-order valence-electron chi connectivity index (χ4n) is 2.40. The van der Waals surface area contributed by atoms with Crippen LogP contribution in [0, 0.1) is 5.92 Å². The monoisotopic (exact) mass is 269 g/mol. The number of nitrogens with one attached hydrogen (secondary N) is 2. The summed E-state index contributed by atoms with van der Waals surface area (Å²) in [5.41, 5.74) is 0. The van der Waals surface area contributed by atoms with Gasteiger partial charge < -0.3 is 15.5 Å². The van der Waals surface area contributed by atoms with Crippen LogP contribution in [0.25, 0.3) is 0 Å². The average molecular weight is 269 g/mol. The number of hydrogen-bond acceptors (Lipinski definition) is 3. The lowest BCUT2D eigenvalue weighted by Crippen LogP contribution is -2.37. The van der Waals surface area contributed by atoms with Gasteiger partial charge in [-0.15, -0.1) is 0 Å². The van der Waals surface area contributed by atoms with Crippen molar-refractivity contribution >= 4 is 11.8 Å². The van der Waals surface area contributed by atoms with E-state index in [4.69, 9.17) is 0 Å². The highest BCUT2D eigenvalue weighted by molar-refractivity contribution is 5.80. The zero-order valence-electron chi connectivity index (χ0n) is 12.2. The fourth-order valence-corrected chi connectivity index (χ4v) is 2.40. The Hall–Kier alpha value is -1.10. The van der Waals surface area contributed by atoms with Crippen molar-refractivity contribution in [2.24, 2.45) is 5.92 Å². The van der Waals surface area contributed by atoms with Crippen molar-refractivity contribution < 1.29 is 9.59 Å². The van der Waals surface area contributed by atoms with Gasteiger partial charge in [-0.3, -0.25) is 9.59 Å². The largest absolute Gasteiger partial charge is 0.355 e. The van der Waals surface area contributed by atoms with Crippen LogP contribution < -0.4 is 10.6 Å². The standard InChI is InChI=1S/C14H27N3O2/c1-15-10-11-17(2)13(18)8-9-16-14(19)12-6-4-3-5-7-12/h12,15H,3-11H2,1-2H3,(H,16,19). The maximum Gasteiger partial charge on any atom is 0.224 e. The summed E-state index contributed by atoms with van der Waals surface area (Å²) in [6.07, 6.45) is 5.95. The molecule has 1 fully saturated rings. The third-order valence-corrected chi connectivity index (χ3v) is 3.74. The molecule has 0 aromatic heterocycles. The van der Waals surface area contributed by atoms with Gasteiger partial charge in [-0.25, -0.2) is 0 Å². The molecule has 19 heavy (non-hydrogen) atoms. The van der Waals surface area contributed by atoms with Crippen LogP contribution in [0.4, 0.5) is 0 Å². The molecule has 5 nitrogen and oxygen atoms in total. The summed E-state index contributed by atoms with van der Waals surface area (Å²) in [6.45, 7) is 1.95. The minimum Gasteiger partial charge on any atom is -0.355 e. The van der Waals surface area contributed by atoms with Crippen LogP contribution >= 0.6 is 0 Å². The van der Waals surface area contributed by atoms with Crippen LogP contribution in [0.5, 0.6) is 0 Å². The topological polar surface area (TPSA) is 61.4 Å². The molecule has 2 N–H and O–H groups in total. The van der Waals surface area contributed by atoms with Gasteiger partial charge in [-0.1, -0.05) is 19.3 Å². The molecule has 2 amide bonds. The van der Waals surface area contributed by atoms with Crippen molar-refractivity contribution in [2.75, 3.05) is 33.7 Å². The second-order valence-corrected chi connectivity index (χ2v) is 5.29. The van der Waals surface area contributed by atoms with Crippen LogP contribution in [0.2, 0.25) is 0 Å². The maximum absolute atomic E-state index is 11.9. The van der Waals surface area contributed by atoms with Gasteiger partial charge in [-0.2, -0.15) is 0 Å². The van der Waals surface area contributed by atoms with Gasteiger partial charge >= 0.3 is 0 Å². The second kappa shape index (κ2) is 8.91. The molecular weight excluding hydrogens is 242 g/mol. The molecule has 0 saturated heterocycles. The smallest absolute Gasteiger partial charge is 0.224 e. The zero-order valence-corrected chi connectivity index (χ0v) is 12.2. The molecule has 1 rings (SSSR count). The van der Waals surface area contributed by atoms with E-state index in [0.717, 1.165) is 32.2 Å². The van der Waals surface area contributed by atoms with E-state index in [1.807, 2.05) is 7.05 Å². The van der Waals surface area contributed by atoms with Gasteiger partial charge in [0.2, 0.25) is 11.8 Å². The molecular formula is C14H27N3O2. The van der Waals surface area contributed by atoms with Gasteiger partial charge in [0.25, 0.3) is 0 Å². The van der Waals surface area contributed by atoms with E-state index in [2.05, 4.69) is 10.6 Å². The van der Waals surface area contributed by atoms with E-state index in [-0.39, 0.29) is 17.7 Å². The Balaban J connectivity index is 2.14. The number of rotatable bonds is 7. The Kier molecular flexibility index (Phi) is 7.48. The molecule has 1 aliphatic carbocycles. The first-order chi connectivity index (χ1) is 9.15. The first-order valence-electron chi connectivity index (χ1n) is 7.31. The second-order valence-electron chi connectivity index (χ2n) is 5.29. The van der Waals surface area contributed by atoms with E-state index < -0.39 is 0 Å². The molecule has 0 spiro atoms. The van der Waals surface area contributed by atoms with Crippen molar-refractivity contribution in [3.05, 3.63) is 0 Å². The van der Waals surface area contributed by atoms with E-state index in [0.29, 0.717) is 19.5 Å². The number of hydrogen-bond donors (Lipinski definition) is 2. The summed E-state index contributed by atoms with van der Waals surface area (Å²) in [5.74, 6) is 0.385. The van der Waals surface area contributed by atoms with E-state index >= 15 is 0 Å². The highest BCUT2D eigenvalue weighted by Gasteiger charge is 2.20. The third kappa shape index (κ3) is 6.05. The van der Waals surface area contributed by atoms with Crippen molar-refractivity contribution in [3.8, 4) is 0 Å². The third-order valence-electron chi connectivity index (χ3n) is 3.74. The molecule has 0 unspecified atom stereocenters. The van der Waals surface area contributed by atoms with Crippen molar-refractivity contribution in [2.45, 2.75) is 38.5 Å². The average Bonchev–Trinajstić information content (AvgIpc) is 2.45. The fraction of sp³-hybridized carbons (Fsp3) is 0.857. The summed E-state index contributed by atoms with van der Waals surface area (Å²) < 4.78 is 0. The number of likely N-dealkylation sites (N-methyl/N-ethyl adjacent to an activating group) is 2. The minimum absolute atomic E-state index is 0.0826. The quantitative estimate of drug-likeness (QED) is 0.717. The lowest BCUT2D eigenvalue weighted by Gasteiger charge is -2.21. The first-order valence-corrected chi connectivity index (χ1v) is 7.31. The lowest BCUT2D eigenvalue weighted by molar-refractivity contribution is -0.130.